The third-order valence-electron chi connectivity index (χ3n) is 3.19. The number of amides is 2. The predicted molar refractivity (Wildman–Crippen MR) is 83.0 cm³/mol. The minimum atomic E-state index is -0.309. The molecular formula is C17H14N2O4. The van der Waals surface area contributed by atoms with Crippen molar-refractivity contribution in [3.05, 3.63) is 78.1 Å². The van der Waals surface area contributed by atoms with Crippen molar-refractivity contribution in [2.75, 3.05) is 5.32 Å². The number of furan rings is 2. The van der Waals surface area contributed by atoms with E-state index in [1.165, 1.54) is 18.8 Å². The SMILES string of the molecule is O=C(NCc1ccc(NC(=O)c2ccco2)cc1)c1ccoc1. The fourth-order valence-corrected chi connectivity index (χ4v) is 1.98. The van der Waals surface area contributed by atoms with Gasteiger partial charge in [0.2, 0.25) is 0 Å². The van der Waals surface area contributed by atoms with E-state index in [1.807, 2.05) is 12.1 Å². The van der Waals surface area contributed by atoms with Gasteiger partial charge in [0.1, 0.15) is 6.26 Å². The Morgan fingerprint density at radius 2 is 1.78 bits per heavy atom. The van der Waals surface area contributed by atoms with Crippen LogP contribution in [0.4, 0.5) is 5.69 Å². The van der Waals surface area contributed by atoms with Crippen LogP contribution >= 0.6 is 0 Å². The maximum Gasteiger partial charge on any atom is 0.291 e. The summed E-state index contributed by atoms with van der Waals surface area (Å²) in [6, 6.07) is 12.0. The van der Waals surface area contributed by atoms with E-state index < -0.39 is 0 Å². The van der Waals surface area contributed by atoms with E-state index in [1.54, 1.807) is 30.3 Å². The molecule has 3 aromatic rings. The molecule has 6 nitrogen and oxygen atoms in total. The molecule has 0 aliphatic heterocycles. The van der Waals surface area contributed by atoms with Gasteiger partial charge in [-0.25, -0.2) is 0 Å². The number of carbonyl (C=O) groups is 2. The summed E-state index contributed by atoms with van der Waals surface area (Å²) in [7, 11) is 0. The summed E-state index contributed by atoms with van der Waals surface area (Å²) in [6.45, 7) is 0.385. The van der Waals surface area contributed by atoms with Crippen LogP contribution in [0.25, 0.3) is 0 Å². The molecule has 0 radical (unpaired) electrons. The summed E-state index contributed by atoms with van der Waals surface area (Å²) in [5, 5.41) is 5.51. The van der Waals surface area contributed by atoms with Crippen LogP contribution in [0.1, 0.15) is 26.5 Å². The number of benzene rings is 1. The van der Waals surface area contributed by atoms with E-state index in [2.05, 4.69) is 10.6 Å². The molecule has 2 N–H and O–H groups in total. The molecule has 116 valence electrons. The summed E-state index contributed by atoms with van der Waals surface area (Å²) in [5.41, 5.74) is 2.04. The van der Waals surface area contributed by atoms with Gasteiger partial charge in [-0.2, -0.15) is 0 Å². The molecule has 0 aliphatic rings. The Morgan fingerprint density at radius 1 is 0.957 bits per heavy atom. The molecule has 2 heterocycles. The standard InChI is InChI=1S/C17H14N2O4/c20-16(13-7-9-22-11-13)18-10-12-3-5-14(6-4-12)19-17(21)15-2-1-8-23-15/h1-9,11H,10H2,(H,18,20)(H,19,21). The van der Waals surface area contributed by atoms with Gasteiger partial charge < -0.3 is 19.5 Å². The van der Waals surface area contributed by atoms with Gasteiger partial charge in [0.15, 0.2) is 5.76 Å². The van der Waals surface area contributed by atoms with Crippen molar-refractivity contribution in [3.8, 4) is 0 Å². The van der Waals surface area contributed by atoms with Gasteiger partial charge in [-0.1, -0.05) is 12.1 Å². The van der Waals surface area contributed by atoms with Crippen LogP contribution in [0.3, 0.4) is 0 Å². The Balaban J connectivity index is 1.55. The second kappa shape index (κ2) is 6.65. The van der Waals surface area contributed by atoms with Crippen molar-refractivity contribution in [2.45, 2.75) is 6.54 Å². The quantitative estimate of drug-likeness (QED) is 0.758. The van der Waals surface area contributed by atoms with Crippen LogP contribution in [0.15, 0.2) is 70.1 Å². The first-order valence-corrected chi connectivity index (χ1v) is 6.96. The summed E-state index contributed by atoms with van der Waals surface area (Å²) in [5.74, 6) is -0.258. The molecule has 23 heavy (non-hydrogen) atoms. The molecule has 2 aromatic heterocycles. The van der Waals surface area contributed by atoms with Crippen molar-refractivity contribution < 1.29 is 18.4 Å². The largest absolute Gasteiger partial charge is 0.472 e. The fraction of sp³-hybridized carbons (Fsp3) is 0.0588. The molecule has 3 rings (SSSR count). The average Bonchev–Trinajstić information content (AvgIpc) is 3.27. The Bertz CT molecular complexity index is 775. The zero-order valence-electron chi connectivity index (χ0n) is 12.1. The predicted octanol–water partition coefficient (Wildman–Crippen LogP) is 3.05. The van der Waals surface area contributed by atoms with Gasteiger partial charge in [0.25, 0.3) is 11.8 Å². The highest BCUT2D eigenvalue weighted by Crippen LogP contribution is 2.12. The number of anilines is 1. The molecule has 0 saturated carbocycles. The topological polar surface area (TPSA) is 84.5 Å². The van der Waals surface area contributed by atoms with Crippen molar-refractivity contribution in [3.63, 3.8) is 0 Å². The minimum absolute atomic E-state index is 0.200. The van der Waals surface area contributed by atoms with Gasteiger partial charge in [-0.05, 0) is 35.9 Å². The van der Waals surface area contributed by atoms with E-state index in [0.29, 0.717) is 17.8 Å². The normalized spacial score (nSPS) is 10.3. The zero-order valence-corrected chi connectivity index (χ0v) is 12.1. The van der Waals surface area contributed by atoms with Gasteiger partial charge >= 0.3 is 0 Å². The number of carbonyl (C=O) groups excluding carboxylic acids is 2. The van der Waals surface area contributed by atoms with Crippen molar-refractivity contribution in [1.29, 1.82) is 0 Å². The summed E-state index contributed by atoms with van der Waals surface area (Å²) < 4.78 is 9.89. The van der Waals surface area contributed by atoms with Crippen molar-refractivity contribution in [1.82, 2.24) is 5.32 Å². The molecule has 0 bridgehead atoms. The van der Waals surface area contributed by atoms with E-state index in [4.69, 9.17) is 8.83 Å². The molecule has 1 aromatic carbocycles. The lowest BCUT2D eigenvalue weighted by Crippen LogP contribution is -2.22. The third kappa shape index (κ3) is 3.68. The van der Waals surface area contributed by atoms with Gasteiger partial charge in [-0.3, -0.25) is 9.59 Å². The highest BCUT2D eigenvalue weighted by atomic mass is 16.3. The number of hydrogen-bond donors (Lipinski definition) is 2. The minimum Gasteiger partial charge on any atom is -0.472 e. The van der Waals surface area contributed by atoms with Crippen LogP contribution in [-0.4, -0.2) is 11.8 Å². The van der Waals surface area contributed by atoms with E-state index >= 15 is 0 Å². The monoisotopic (exact) mass is 310 g/mol. The Hall–Kier alpha value is -3.28. The molecule has 2 amide bonds. The maximum atomic E-state index is 11.8. The summed E-state index contributed by atoms with van der Waals surface area (Å²) in [6.07, 6.45) is 4.29. The van der Waals surface area contributed by atoms with Crippen LogP contribution < -0.4 is 10.6 Å². The average molecular weight is 310 g/mol. The maximum absolute atomic E-state index is 11.8. The molecular weight excluding hydrogens is 296 g/mol. The van der Waals surface area contributed by atoms with Crippen LogP contribution in [-0.2, 0) is 6.54 Å². The fourth-order valence-electron chi connectivity index (χ4n) is 1.98. The molecule has 0 aliphatic carbocycles. The number of rotatable bonds is 5. The lowest BCUT2D eigenvalue weighted by Gasteiger charge is -2.06. The molecule has 0 saturated heterocycles. The highest BCUT2D eigenvalue weighted by Gasteiger charge is 2.09. The Kier molecular flexibility index (Phi) is 4.24. The first-order chi connectivity index (χ1) is 11.2. The van der Waals surface area contributed by atoms with E-state index in [-0.39, 0.29) is 17.6 Å². The van der Waals surface area contributed by atoms with E-state index in [9.17, 15) is 9.59 Å². The molecule has 6 heteroatoms. The second-order valence-corrected chi connectivity index (χ2v) is 4.82. The summed E-state index contributed by atoms with van der Waals surface area (Å²) in [4.78, 5) is 23.6. The van der Waals surface area contributed by atoms with Gasteiger partial charge in [0.05, 0.1) is 18.1 Å². The molecule has 0 spiro atoms. The van der Waals surface area contributed by atoms with Gasteiger partial charge in [0, 0.05) is 12.2 Å². The number of nitrogens with one attached hydrogen (secondary N) is 2. The third-order valence-corrected chi connectivity index (χ3v) is 3.19. The van der Waals surface area contributed by atoms with Crippen LogP contribution in [0, 0.1) is 0 Å². The van der Waals surface area contributed by atoms with Crippen molar-refractivity contribution >= 4 is 17.5 Å². The first-order valence-electron chi connectivity index (χ1n) is 6.96. The molecule has 0 atom stereocenters. The summed E-state index contributed by atoms with van der Waals surface area (Å²) >= 11 is 0. The lowest BCUT2D eigenvalue weighted by molar-refractivity contribution is 0.0949. The first kappa shape index (κ1) is 14.6. The smallest absolute Gasteiger partial charge is 0.291 e. The van der Waals surface area contributed by atoms with Crippen LogP contribution in [0.2, 0.25) is 0 Å². The highest BCUT2D eigenvalue weighted by molar-refractivity contribution is 6.02. The van der Waals surface area contributed by atoms with Gasteiger partial charge in [-0.15, -0.1) is 0 Å². The van der Waals surface area contributed by atoms with Crippen molar-refractivity contribution in [2.24, 2.45) is 0 Å². The zero-order chi connectivity index (χ0) is 16.1. The lowest BCUT2D eigenvalue weighted by atomic mass is 10.2. The number of hydrogen-bond acceptors (Lipinski definition) is 4. The molecule has 0 unspecified atom stereocenters. The second-order valence-electron chi connectivity index (χ2n) is 4.82. The molecule has 0 fully saturated rings. The van der Waals surface area contributed by atoms with E-state index in [0.717, 1.165) is 5.56 Å². The Morgan fingerprint density at radius 3 is 2.43 bits per heavy atom. The van der Waals surface area contributed by atoms with Crippen LogP contribution in [0.5, 0.6) is 0 Å². The Labute approximate surface area is 132 Å².